The number of nitrogens with zero attached hydrogens (tertiary/aromatic N) is 1. The van der Waals surface area contributed by atoms with Gasteiger partial charge in [0.15, 0.2) is 6.61 Å². The summed E-state index contributed by atoms with van der Waals surface area (Å²) < 4.78 is 42.9. The van der Waals surface area contributed by atoms with Crippen LogP contribution in [0.5, 0.6) is 5.75 Å². The molecule has 2 heterocycles. The SMILES string of the molecule is N[C@@H]1CCCN(c2c(/C=C3\SC(=O)NC3=O)cccc2OCC(F)(F)F)C1. The highest BCUT2D eigenvalue weighted by Gasteiger charge is 2.31. The van der Waals surface area contributed by atoms with Crippen molar-refractivity contribution in [2.75, 3.05) is 24.6 Å². The van der Waals surface area contributed by atoms with Crippen molar-refractivity contribution in [2.24, 2.45) is 5.73 Å². The number of alkyl halides is 3. The van der Waals surface area contributed by atoms with Gasteiger partial charge in [0.2, 0.25) is 0 Å². The number of imide groups is 1. The minimum atomic E-state index is -4.47. The molecule has 0 unspecified atom stereocenters. The van der Waals surface area contributed by atoms with Crippen LogP contribution in [-0.4, -0.2) is 43.1 Å². The predicted molar refractivity (Wildman–Crippen MR) is 96.5 cm³/mol. The van der Waals surface area contributed by atoms with E-state index in [2.05, 4.69) is 5.32 Å². The fourth-order valence-corrected chi connectivity index (χ4v) is 3.72. The lowest BCUT2D eigenvalue weighted by molar-refractivity contribution is -0.153. The maximum Gasteiger partial charge on any atom is 0.422 e. The van der Waals surface area contributed by atoms with Gasteiger partial charge in [0.05, 0.1) is 10.6 Å². The Kier molecular flexibility index (Phi) is 5.66. The zero-order chi connectivity index (χ0) is 19.6. The van der Waals surface area contributed by atoms with Crippen LogP contribution >= 0.6 is 11.8 Å². The summed E-state index contributed by atoms with van der Waals surface area (Å²) in [6, 6.07) is 4.56. The number of ether oxygens (including phenoxy) is 1. The van der Waals surface area contributed by atoms with Gasteiger partial charge in [0.25, 0.3) is 11.1 Å². The second-order valence-corrected chi connectivity index (χ2v) is 7.31. The summed E-state index contributed by atoms with van der Waals surface area (Å²) in [5.41, 5.74) is 6.96. The number of anilines is 1. The Morgan fingerprint density at radius 2 is 2.15 bits per heavy atom. The number of halogens is 3. The first-order valence-electron chi connectivity index (χ1n) is 8.31. The van der Waals surface area contributed by atoms with Gasteiger partial charge in [-0.05, 0) is 36.7 Å². The van der Waals surface area contributed by atoms with E-state index >= 15 is 0 Å². The lowest BCUT2D eigenvalue weighted by atomic mass is 10.0. The van der Waals surface area contributed by atoms with Gasteiger partial charge in [-0.3, -0.25) is 14.9 Å². The maximum atomic E-state index is 12.6. The second kappa shape index (κ2) is 7.81. The van der Waals surface area contributed by atoms with E-state index in [0.717, 1.165) is 24.6 Å². The molecule has 3 rings (SSSR count). The van der Waals surface area contributed by atoms with Crippen molar-refractivity contribution in [1.82, 2.24) is 5.32 Å². The van der Waals surface area contributed by atoms with E-state index in [-0.39, 0.29) is 16.7 Å². The van der Waals surface area contributed by atoms with Gasteiger partial charge in [-0.25, -0.2) is 0 Å². The van der Waals surface area contributed by atoms with Gasteiger partial charge < -0.3 is 15.4 Å². The Morgan fingerprint density at radius 1 is 1.37 bits per heavy atom. The van der Waals surface area contributed by atoms with Crippen molar-refractivity contribution in [2.45, 2.75) is 25.1 Å². The number of nitrogens with one attached hydrogen (secondary N) is 1. The molecule has 0 bridgehead atoms. The molecule has 27 heavy (non-hydrogen) atoms. The third-order valence-corrected chi connectivity index (χ3v) is 4.93. The van der Waals surface area contributed by atoms with Gasteiger partial charge in [0.1, 0.15) is 5.75 Å². The minimum absolute atomic E-state index is 0.0607. The van der Waals surface area contributed by atoms with Crippen LogP contribution in [-0.2, 0) is 4.79 Å². The fourth-order valence-electron chi connectivity index (χ4n) is 3.05. The first kappa shape index (κ1) is 19.6. The van der Waals surface area contributed by atoms with Gasteiger partial charge in [-0.1, -0.05) is 12.1 Å². The highest BCUT2D eigenvalue weighted by atomic mass is 32.2. The molecule has 1 atom stereocenters. The molecule has 0 aliphatic carbocycles. The molecule has 2 amide bonds. The van der Waals surface area contributed by atoms with Gasteiger partial charge in [-0.2, -0.15) is 13.2 Å². The van der Waals surface area contributed by atoms with Crippen molar-refractivity contribution in [3.63, 3.8) is 0 Å². The summed E-state index contributed by atoms with van der Waals surface area (Å²) in [4.78, 5) is 25.3. The molecule has 3 N–H and O–H groups in total. The highest BCUT2D eigenvalue weighted by molar-refractivity contribution is 8.18. The van der Waals surface area contributed by atoms with E-state index in [0.29, 0.717) is 24.3 Å². The normalized spacial score (nSPS) is 22.3. The number of amides is 2. The highest BCUT2D eigenvalue weighted by Crippen LogP contribution is 2.38. The third kappa shape index (κ3) is 4.95. The molecule has 2 aliphatic rings. The van der Waals surface area contributed by atoms with E-state index in [1.54, 1.807) is 12.1 Å². The Labute approximate surface area is 157 Å². The number of carbonyl (C=O) groups is 2. The molecular formula is C17H18F3N3O3S. The van der Waals surface area contributed by atoms with E-state index in [9.17, 15) is 22.8 Å². The molecule has 2 saturated heterocycles. The number of para-hydroxylation sites is 1. The van der Waals surface area contributed by atoms with Crippen LogP contribution in [0.4, 0.5) is 23.7 Å². The van der Waals surface area contributed by atoms with Crippen molar-refractivity contribution in [1.29, 1.82) is 0 Å². The molecule has 2 fully saturated rings. The summed E-state index contributed by atoms with van der Waals surface area (Å²) in [5, 5.41) is 1.67. The van der Waals surface area contributed by atoms with E-state index < -0.39 is 23.9 Å². The van der Waals surface area contributed by atoms with Crippen LogP contribution in [0.15, 0.2) is 23.1 Å². The number of rotatable bonds is 4. The molecule has 0 radical (unpaired) electrons. The van der Waals surface area contributed by atoms with Crippen molar-refractivity contribution < 1.29 is 27.5 Å². The average molecular weight is 401 g/mol. The lowest BCUT2D eigenvalue weighted by Crippen LogP contribution is -2.43. The number of nitrogens with two attached hydrogens (primary N) is 1. The van der Waals surface area contributed by atoms with Crippen molar-refractivity contribution >= 4 is 34.7 Å². The molecule has 146 valence electrons. The number of carbonyl (C=O) groups excluding carboxylic acids is 2. The van der Waals surface area contributed by atoms with Gasteiger partial charge in [0, 0.05) is 24.7 Å². The molecule has 0 aromatic heterocycles. The first-order chi connectivity index (χ1) is 12.7. The molecule has 10 heteroatoms. The van der Waals surface area contributed by atoms with Crippen molar-refractivity contribution in [3.05, 3.63) is 28.7 Å². The van der Waals surface area contributed by atoms with Crippen LogP contribution in [0.2, 0.25) is 0 Å². The first-order valence-corrected chi connectivity index (χ1v) is 9.12. The van der Waals surface area contributed by atoms with Gasteiger partial charge >= 0.3 is 6.18 Å². The number of thioether (sulfide) groups is 1. The number of hydrogen-bond acceptors (Lipinski definition) is 6. The molecule has 2 aliphatic heterocycles. The number of hydrogen-bond donors (Lipinski definition) is 2. The number of benzene rings is 1. The zero-order valence-electron chi connectivity index (χ0n) is 14.2. The molecule has 1 aromatic carbocycles. The Bertz CT molecular complexity index is 782. The minimum Gasteiger partial charge on any atom is -0.482 e. The van der Waals surface area contributed by atoms with Crippen LogP contribution in [0, 0.1) is 0 Å². The molecular weight excluding hydrogens is 383 g/mol. The summed E-state index contributed by atoms with van der Waals surface area (Å²) >= 11 is 0.745. The van der Waals surface area contributed by atoms with E-state index in [1.165, 1.54) is 12.1 Å². The largest absolute Gasteiger partial charge is 0.482 e. The number of piperidine rings is 1. The smallest absolute Gasteiger partial charge is 0.422 e. The molecule has 1 aromatic rings. The summed E-state index contributed by atoms with van der Waals surface area (Å²) in [7, 11) is 0. The summed E-state index contributed by atoms with van der Waals surface area (Å²) in [6.45, 7) is -0.358. The quantitative estimate of drug-likeness (QED) is 0.755. The predicted octanol–water partition coefficient (Wildman–Crippen LogP) is 2.88. The molecule has 6 nitrogen and oxygen atoms in total. The van der Waals surface area contributed by atoms with E-state index in [4.69, 9.17) is 10.5 Å². The van der Waals surface area contributed by atoms with Crippen LogP contribution < -0.4 is 20.7 Å². The monoisotopic (exact) mass is 401 g/mol. The van der Waals surface area contributed by atoms with Crippen LogP contribution in [0.1, 0.15) is 18.4 Å². The molecule has 0 saturated carbocycles. The maximum absolute atomic E-state index is 12.6. The Morgan fingerprint density at radius 3 is 2.78 bits per heavy atom. The summed E-state index contributed by atoms with van der Waals surface area (Å²) in [5.74, 6) is -0.474. The van der Waals surface area contributed by atoms with Crippen molar-refractivity contribution in [3.8, 4) is 5.75 Å². The second-order valence-electron chi connectivity index (χ2n) is 6.30. The summed E-state index contributed by atoms with van der Waals surface area (Å²) in [6.07, 6.45) is -1.37. The standard InChI is InChI=1S/C17H18F3N3O3S/c18-17(19,20)9-26-12-5-1-3-10(7-13-15(24)22-16(25)27-13)14(12)23-6-2-4-11(21)8-23/h1,3,5,7,11H,2,4,6,8-9,21H2,(H,22,24,25)/b13-7-/t11-/m1/s1. The Hall–Kier alpha value is -2.20. The van der Waals surface area contributed by atoms with E-state index in [1.807, 2.05) is 4.90 Å². The van der Waals surface area contributed by atoms with Crippen LogP contribution in [0.3, 0.4) is 0 Å². The average Bonchev–Trinajstić information content (AvgIpc) is 2.89. The molecule has 0 spiro atoms. The fraction of sp³-hybridized carbons (Fsp3) is 0.412. The third-order valence-electron chi connectivity index (χ3n) is 4.12. The zero-order valence-corrected chi connectivity index (χ0v) is 15.0. The lowest BCUT2D eigenvalue weighted by Gasteiger charge is -2.34. The van der Waals surface area contributed by atoms with Crippen LogP contribution in [0.25, 0.3) is 6.08 Å². The topological polar surface area (TPSA) is 84.7 Å². The van der Waals surface area contributed by atoms with Gasteiger partial charge in [-0.15, -0.1) is 0 Å². The Balaban J connectivity index is 2.00.